The Morgan fingerprint density at radius 1 is 1.31 bits per heavy atom. The fourth-order valence-electron chi connectivity index (χ4n) is 0.956. The predicted molar refractivity (Wildman–Crippen MR) is 51.7 cm³/mol. The van der Waals surface area contributed by atoms with Gasteiger partial charge in [-0.25, -0.2) is 0 Å². The number of aromatic hydroxyl groups is 1. The van der Waals surface area contributed by atoms with Crippen LogP contribution in [0.25, 0.3) is 0 Å². The van der Waals surface area contributed by atoms with Crippen molar-refractivity contribution in [2.45, 2.75) is 6.61 Å². The van der Waals surface area contributed by atoms with Crippen molar-refractivity contribution in [3.8, 4) is 5.75 Å². The lowest BCUT2D eigenvalue weighted by Gasteiger charge is -2.03. The number of nitrogens with one attached hydrogen (secondary N) is 1. The summed E-state index contributed by atoms with van der Waals surface area (Å²) in [7, 11) is 1.89. The van der Waals surface area contributed by atoms with E-state index in [1.54, 1.807) is 12.1 Å². The van der Waals surface area contributed by atoms with Crippen LogP contribution in [0.4, 0.5) is 0 Å². The summed E-state index contributed by atoms with van der Waals surface area (Å²) < 4.78 is 5.36. The van der Waals surface area contributed by atoms with E-state index in [0.29, 0.717) is 19.0 Å². The minimum atomic E-state index is 0.291. The summed E-state index contributed by atoms with van der Waals surface area (Å²) in [5, 5.41) is 12.0. The number of phenolic OH excluding ortho intramolecular Hbond substituents is 1. The molecule has 0 atom stereocenters. The molecule has 72 valence electrons. The second-order valence-corrected chi connectivity index (χ2v) is 2.82. The van der Waals surface area contributed by atoms with Crippen LogP contribution in [-0.4, -0.2) is 25.3 Å². The molecule has 0 aliphatic carbocycles. The number of rotatable bonds is 5. The molecule has 0 fully saturated rings. The average Bonchev–Trinajstić information content (AvgIpc) is 2.15. The van der Waals surface area contributed by atoms with Crippen molar-refractivity contribution in [3.63, 3.8) is 0 Å². The van der Waals surface area contributed by atoms with E-state index in [-0.39, 0.29) is 0 Å². The van der Waals surface area contributed by atoms with E-state index < -0.39 is 0 Å². The Labute approximate surface area is 78.3 Å². The molecule has 0 spiro atoms. The van der Waals surface area contributed by atoms with Crippen LogP contribution < -0.4 is 5.32 Å². The van der Waals surface area contributed by atoms with Crippen LogP contribution >= 0.6 is 0 Å². The second-order valence-electron chi connectivity index (χ2n) is 2.82. The molecule has 1 aromatic rings. The Balaban J connectivity index is 2.25. The molecule has 0 saturated heterocycles. The molecule has 0 aromatic heterocycles. The summed E-state index contributed by atoms with van der Waals surface area (Å²) in [6, 6.07) is 7.04. The predicted octanol–water partition coefficient (Wildman–Crippen LogP) is 1.13. The van der Waals surface area contributed by atoms with Gasteiger partial charge in [-0.2, -0.15) is 0 Å². The molecular formula is C10H15NO2. The van der Waals surface area contributed by atoms with Crippen LogP contribution in [0.5, 0.6) is 5.75 Å². The molecule has 2 N–H and O–H groups in total. The van der Waals surface area contributed by atoms with Gasteiger partial charge in [0.25, 0.3) is 0 Å². The number of benzene rings is 1. The topological polar surface area (TPSA) is 41.5 Å². The normalized spacial score (nSPS) is 10.2. The first kappa shape index (κ1) is 10.0. The summed E-state index contributed by atoms with van der Waals surface area (Å²) in [5.74, 6) is 0.291. The summed E-state index contributed by atoms with van der Waals surface area (Å²) in [4.78, 5) is 0. The minimum Gasteiger partial charge on any atom is -0.508 e. The molecule has 1 aromatic carbocycles. The smallest absolute Gasteiger partial charge is 0.115 e. The number of ether oxygens (including phenoxy) is 1. The Bertz CT molecular complexity index is 233. The zero-order valence-electron chi connectivity index (χ0n) is 7.79. The molecular weight excluding hydrogens is 166 g/mol. The van der Waals surface area contributed by atoms with Gasteiger partial charge in [0, 0.05) is 6.54 Å². The average molecular weight is 181 g/mol. The third-order valence-electron chi connectivity index (χ3n) is 1.70. The third kappa shape index (κ3) is 3.92. The molecule has 0 radical (unpaired) electrons. The number of phenols is 1. The zero-order chi connectivity index (χ0) is 9.52. The van der Waals surface area contributed by atoms with Gasteiger partial charge in [0.05, 0.1) is 13.2 Å². The van der Waals surface area contributed by atoms with E-state index in [2.05, 4.69) is 5.32 Å². The fourth-order valence-corrected chi connectivity index (χ4v) is 0.956. The van der Waals surface area contributed by atoms with Crippen molar-refractivity contribution < 1.29 is 9.84 Å². The van der Waals surface area contributed by atoms with Gasteiger partial charge in [0.1, 0.15) is 5.75 Å². The molecule has 13 heavy (non-hydrogen) atoms. The number of hydrogen-bond acceptors (Lipinski definition) is 3. The van der Waals surface area contributed by atoms with Crippen molar-refractivity contribution in [2.75, 3.05) is 20.2 Å². The zero-order valence-corrected chi connectivity index (χ0v) is 7.79. The van der Waals surface area contributed by atoms with Crippen molar-refractivity contribution in [2.24, 2.45) is 0 Å². The molecule has 1 rings (SSSR count). The largest absolute Gasteiger partial charge is 0.508 e. The number of likely N-dealkylation sites (N-methyl/N-ethyl adjacent to an activating group) is 1. The van der Waals surface area contributed by atoms with E-state index in [9.17, 15) is 0 Å². The molecule has 3 nitrogen and oxygen atoms in total. The third-order valence-corrected chi connectivity index (χ3v) is 1.70. The maximum absolute atomic E-state index is 9.02. The van der Waals surface area contributed by atoms with Gasteiger partial charge in [-0.05, 0) is 24.7 Å². The molecule has 0 aliphatic heterocycles. The van der Waals surface area contributed by atoms with E-state index in [4.69, 9.17) is 9.84 Å². The highest BCUT2D eigenvalue weighted by molar-refractivity contribution is 5.25. The first-order valence-electron chi connectivity index (χ1n) is 4.33. The quantitative estimate of drug-likeness (QED) is 0.669. The molecule has 0 saturated carbocycles. The molecule has 0 unspecified atom stereocenters. The van der Waals surface area contributed by atoms with Crippen molar-refractivity contribution in [1.82, 2.24) is 5.32 Å². The summed E-state index contributed by atoms with van der Waals surface area (Å²) in [6.45, 7) is 2.16. The highest BCUT2D eigenvalue weighted by atomic mass is 16.5. The van der Waals surface area contributed by atoms with Gasteiger partial charge < -0.3 is 15.2 Å². The van der Waals surface area contributed by atoms with Gasteiger partial charge in [0.2, 0.25) is 0 Å². The van der Waals surface area contributed by atoms with Gasteiger partial charge >= 0.3 is 0 Å². The first-order valence-corrected chi connectivity index (χ1v) is 4.33. The SMILES string of the molecule is CNCCOCc1ccc(O)cc1. The molecule has 0 aliphatic rings. The summed E-state index contributed by atoms with van der Waals surface area (Å²) in [6.07, 6.45) is 0. The van der Waals surface area contributed by atoms with Gasteiger partial charge in [-0.3, -0.25) is 0 Å². The van der Waals surface area contributed by atoms with Gasteiger partial charge in [0.15, 0.2) is 0 Å². The van der Waals surface area contributed by atoms with E-state index in [0.717, 1.165) is 12.1 Å². The second kappa shape index (κ2) is 5.56. The minimum absolute atomic E-state index is 0.291. The lowest BCUT2D eigenvalue weighted by Crippen LogP contribution is -2.13. The maximum atomic E-state index is 9.02. The molecule has 0 heterocycles. The lowest BCUT2D eigenvalue weighted by atomic mass is 10.2. The van der Waals surface area contributed by atoms with E-state index in [1.807, 2.05) is 19.2 Å². The van der Waals surface area contributed by atoms with E-state index >= 15 is 0 Å². The highest BCUT2D eigenvalue weighted by Gasteiger charge is 1.92. The molecule has 0 amide bonds. The Hall–Kier alpha value is -1.06. The highest BCUT2D eigenvalue weighted by Crippen LogP contribution is 2.09. The Morgan fingerprint density at radius 2 is 2.00 bits per heavy atom. The molecule has 0 bridgehead atoms. The van der Waals surface area contributed by atoms with Crippen LogP contribution in [0, 0.1) is 0 Å². The molecule has 3 heteroatoms. The van der Waals surface area contributed by atoms with Gasteiger partial charge in [-0.15, -0.1) is 0 Å². The summed E-state index contributed by atoms with van der Waals surface area (Å²) in [5.41, 5.74) is 1.08. The Kier molecular flexibility index (Phi) is 4.29. The lowest BCUT2D eigenvalue weighted by molar-refractivity contribution is 0.124. The fraction of sp³-hybridized carbons (Fsp3) is 0.400. The van der Waals surface area contributed by atoms with E-state index in [1.165, 1.54) is 0 Å². The standard InChI is InChI=1S/C10H15NO2/c1-11-6-7-13-8-9-2-4-10(12)5-3-9/h2-5,11-12H,6-8H2,1H3. The van der Waals surface area contributed by atoms with Crippen LogP contribution in [0.3, 0.4) is 0 Å². The van der Waals surface area contributed by atoms with Crippen LogP contribution in [-0.2, 0) is 11.3 Å². The van der Waals surface area contributed by atoms with Crippen LogP contribution in [0.15, 0.2) is 24.3 Å². The summed E-state index contributed by atoms with van der Waals surface area (Å²) >= 11 is 0. The monoisotopic (exact) mass is 181 g/mol. The first-order chi connectivity index (χ1) is 6.33. The van der Waals surface area contributed by atoms with Crippen molar-refractivity contribution in [3.05, 3.63) is 29.8 Å². The van der Waals surface area contributed by atoms with Crippen molar-refractivity contribution in [1.29, 1.82) is 0 Å². The van der Waals surface area contributed by atoms with Gasteiger partial charge in [-0.1, -0.05) is 12.1 Å². The number of hydrogen-bond donors (Lipinski definition) is 2. The van der Waals surface area contributed by atoms with Crippen LogP contribution in [0.1, 0.15) is 5.56 Å². The van der Waals surface area contributed by atoms with Crippen molar-refractivity contribution >= 4 is 0 Å². The van der Waals surface area contributed by atoms with Crippen LogP contribution in [0.2, 0.25) is 0 Å². The maximum Gasteiger partial charge on any atom is 0.115 e. The Morgan fingerprint density at radius 3 is 2.62 bits per heavy atom.